The number of para-hydroxylation sites is 1. The SMILES string of the molecule is c1cncc(-c2ccc3c(c2)c2ccccc2n3-c2cc(-c3ccc4c5c(cccc35)-c3ccccc3-4)cc(-c3ccc4c5c(cccc35)-c3ccccc3-4)c2)c1. The molecule has 9 aromatic carbocycles. The molecule has 2 aromatic heterocycles. The van der Waals surface area contributed by atoms with E-state index in [9.17, 15) is 0 Å². The van der Waals surface area contributed by atoms with Crippen LogP contribution in [0, 0.1) is 0 Å². The molecule has 2 aliphatic carbocycles. The molecular formula is C55H32N2. The average molecular weight is 721 g/mol. The summed E-state index contributed by atoms with van der Waals surface area (Å²) in [7, 11) is 0. The quantitative estimate of drug-likeness (QED) is 0.177. The summed E-state index contributed by atoms with van der Waals surface area (Å²) in [6, 6.07) is 67.8. The molecule has 57 heavy (non-hydrogen) atoms. The van der Waals surface area contributed by atoms with Gasteiger partial charge in [0.1, 0.15) is 0 Å². The van der Waals surface area contributed by atoms with E-state index in [0.717, 1.165) is 16.8 Å². The smallest absolute Gasteiger partial charge is 0.0541 e. The van der Waals surface area contributed by atoms with Crippen LogP contribution in [0.1, 0.15) is 0 Å². The molecule has 262 valence electrons. The largest absolute Gasteiger partial charge is 0.309 e. The number of nitrogens with zero attached hydrogens (tertiary/aromatic N) is 2. The van der Waals surface area contributed by atoms with Crippen molar-refractivity contribution in [3.63, 3.8) is 0 Å². The molecule has 0 radical (unpaired) electrons. The van der Waals surface area contributed by atoms with Crippen LogP contribution in [0.4, 0.5) is 0 Å². The number of hydrogen-bond donors (Lipinski definition) is 0. The van der Waals surface area contributed by atoms with Crippen molar-refractivity contribution in [1.82, 2.24) is 9.55 Å². The molecule has 0 saturated carbocycles. The fraction of sp³-hybridized carbons (Fsp3) is 0. The molecule has 0 N–H and O–H groups in total. The Morgan fingerprint density at radius 3 is 1.40 bits per heavy atom. The van der Waals surface area contributed by atoms with E-state index < -0.39 is 0 Å². The van der Waals surface area contributed by atoms with Crippen LogP contribution >= 0.6 is 0 Å². The second-order valence-electron chi connectivity index (χ2n) is 15.5. The summed E-state index contributed by atoms with van der Waals surface area (Å²) in [6.07, 6.45) is 3.78. The van der Waals surface area contributed by atoms with Crippen LogP contribution in [0.15, 0.2) is 194 Å². The fourth-order valence-corrected chi connectivity index (χ4v) is 10.1. The number of pyridine rings is 1. The minimum absolute atomic E-state index is 1.11. The molecule has 2 heteroatoms. The Bertz CT molecular complexity index is 3300. The van der Waals surface area contributed by atoms with Crippen LogP contribution in [0.3, 0.4) is 0 Å². The highest BCUT2D eigenvalue weighted by atomic mass is 15.0. The summed E-state index contributed by atoms with van der Waals surface area (Å²) in [4.78, 5) is 4.42. The predicted molar refractivity (Wildman–Crippen MR) is 239 cm³/mol. The Balaban J connectivity index is 1.10. The third-order valence-electron chi connectivity index (χ3n) is 12.6. The maximum absolute atomic E-state index is 4.42. The molecule has 11 aromatic rings. The molecule has 0 amide bonds. The van der Waals surface area contributed by atoms with Crippen molar-refractivity contribution in [2.24, 2.45) is 0 Å². The van der Waals surface area contributed by atoms with E-state index in [1.165, 1.54) is 110 Å². The second kappa shape index (κ2) is 11.5. The summed E-state index contributed by atoms with van der Waals surface area (Å²) in [5.41, 5.74) is 21.2. The molecular weight excluding hydrogens is 689 g/mol. The van der Waals surface area contributed by atoms with Gasteiger partial charge in [-0.3, -0.25) is 4.98 Å². The summed E-state index contributed by atoms with van der Waals surface area (Å²) >= 11 is 0. The molecule has 0 fully saturated rings. The maximum Gasteiger partial charge on any atom is 0.0541 e. The molecule has 2 heterocycles. The highest BCUT2D eigenvalue weighted by Crippen LogP contribution is 2.52. The highest BCUT2D eigenvalue weighted by molar-refractivity contribution is 6.21. The van der Waals surface area contributed by atoms with Crippen molar-refractivity contribution < 1.29 is 0 Å². The van der Waals surface area contributed by atoms with Crippen LogP contribution in [0.25, 0.3) is 127 Å². The van der Waals surface area contributed by atoms with Crippen molar-refractivity contribution in [2.75, 3.05) is 0 Å². The highest BCUT2D eigenvalue weighted by Gasteiger charge is 2.25. The van der Waals surface area contributed by atoms with E-state index in [4.69, 9.17) is 0 Å². The summed E-state index contributed by atoms with van der Waals surface area (Å²) in [5.74, 6) is 0. The van der Waals surface area contributed by atoms with Gasteiger partial charge in [-0.2, -0.15) is 0 Å². The van der Waals surface area contributed by atoms with Gasteiger partial charge in [0.2, 0.25) is 0 Å². The first-order chi connectivity index (χ1) is 28.3. The molecule has 2 nitrogen and oxygen atoms in total. The van der Waals surface area contributed by atoms with Gasteiger partial charge in [-0.25, -0.2) is 0 Å². The van der Waals surface area contributed by atoms with Crippen LogP contribution in [-0.2, 0) is 0 Å². The Morgan fingerprint density at radius 2 is 0.807 bits per heavy atom. The Labute approximate surface area is 329 Å². The number of hydrogen-bond acceptors (Lipinski definition) is 1. The van der Waals surface area contributed by atoms with E-state index in [1.807, 2.05) is 18.5 Å². The maximum atomic E-state index is 4.42. The van der Waals surface area contributed by atoms with Crippen molar-refractivity contribution in [3.05, 3.63) is 194 Å². The predicted octanol–water partition coefficient (Wildman–Crippen LogP) is 14.8. The van der Waals surface area contributed by atoms with Gasteiger partial charge in [-0.15, -0.1) is 0 Å². The summed E-state index contributed by atoms with van der Waals surface area (Å²) in [6.45, 7) is 0. The summed E-state index contributed by atoms with van der Waals surface area (Å²) < 4.78 is 2.47. The van der Waals surface area contributed by atoms with Gasteiger partial charge < -0.3 is 4.57 Å². The molecule has 2 aliphatic rings. The van der Waals surface area contributed by atoms with Gasteiger partial charge in [0.25, 0.3) is 0 Å². The minimum atomic E-state index is 1.11. The van der Waals surface area contributed by atoms with E-state index in [2.05, 4.69) is 185 Å². The summed E-state index contributed by atoms with van der Waals surface area (Å²) in [5, 5.41) is 7.70. The van der Waals surface area contributed by atoms with Crippen molar-refractivity contribution in [2.45, 2.75) is 0 Å². The van der Waals surface area contributed by atoms with E-state index in [0.29, 0.717) is 0 Å². The lowest BCUT2D eigenvalue weighted by atomic mass is 9.90. The first-order valence-electron chi connectivity index (χ1n) is 19.7. The second-order valence-corrected chi connectivity index (χ2v) is 15.5. The van der Waals surface area contributed by atoms with Gasteiger partial charge in [0.05, 0.1) is 11.0 Å². The Morgan fingerprint density at radius 1 is 0.298 bits per heavy atom. The van der Waals surface area contributed by atoms with Crippen LogP contribution in [-0.4, -0.2) is 9.55 Å². The van der Waals surface area contributed by atoms with E-state index in [-0.39, 0.29) is 0 Å². The zero-order valence-corrected chi connectivity index (χ0v) is 30.9. The minimum Gasteiger partial charge on any atom is -0.309 e. The lowest BCUT2D eigenvalue weighted by Crippen LogP contribution is -1.97. The van der Waals surface area contributed by atoms with Crippen molar-refractivity contribution in [1.29, 1.82) is 0 Å². The third-order valence-corrected chi connectivity index (χ3v) is 12.6. The van der Waals surface area contributed by atoms with Gasteiger partial charge in [-0.1, -0.05) is 140 Å². The normalized spacial score (nSPS) is 12.2. The van der Waals surface area contributed by atoms with Crippen LogP contribution in [0.2, 0.25) is 0 Å². The standard InChI is InChI=1S/C55H32N2/c1-3-13-42-40(11-1)47-18-7-16-45-38(22-24-49(42)54(45)47)35-28-36(39-23-25-50-43-14-4-2-12-41(43)48-19-8-17-46(39)55(48)50)30-37(29-35)57-52-20-6-5-15-44(52)51-31-33(21-26-53(51)57)34-10-9-27-56-32-34/h1-32H. The van der Waals surface area contributed by atoms with Gasteiger partial charge in [0, 0.05) is 34.4 Å². The van der Waals surface area contributed by atoms with Gasteiger partial charge in [0.15, 0.2) is 0 Å². The average Bonchev–Trinajstić information content (AvgIpc) is 3.91. The fourth-order valence-electron chi connectivity index (χ4n) is 10.1. The molecule has 0 spiro atoms. The Hall–Kier alpha value is -7.55. The number of aromatic nitrogens is 2. The topological polar surface area (TPSA) is 17.8 Å². The van der Waals surface area contributed by atoms with Gasteiger partial charge in [-0.05, 0) is 136 Å². The molecule has 0 saturated heterocycles. The zero-order valence-electron chi connectivity index (χ0n) is 30.9. The lowest BCUT2D eigenvalue weighted by molar-refractivity contribution is 1.18. The first kappa shape index (κ1) is 30.7. The molecule has 0 aliphatic heterocycles. The number of fused-ring (bicyclic) bond motifs is 9. The molecule has 0 bridgehead atoms. The Kier molecular flexibility index (Phi) is 6.19. The zero-order chi connectivity index (χ0) is 37.2. The molecule has 0 atom stereocenters. The van der Waals surface area contributed by atoms with E-state index >= 15 is 0 Å². The molecule has 13 rings (SSSR count). The third kappa shape index (κ3) is 4.27. The van der Waals surface area contributed by atoms with Gasteiger partial charge >= 0.3 is 0 Å². The number of rotatable bonds is 4. The number of benzene rings is 9. The first-order valence-corrected chi connectivity index (χ1v) is 19.7. The van der Waals surface area contributed by atoms with Crippen LogP contribution < -0.4 is 0 Å². The van der Waals surface area contributed by atoms with Crippen molar-refractivity contribution in [3.8, 4) is 83.6 Å². The van der Waals surface area contributed by atoms with E-state index in [1.54, 1.807) is 0 Å². The molecule has 0 unspecified atom stereocenters. The lowest BCUT2D eigenvalue weighted by Gasteiger charge is -2.17. The van der Waals surface area contributed by atoms with Crippen LogP contribution in [0.5, 0.6) is 0 Å². The van der Waals surface area contributed by atoms with Crippen molar-refractivity contribution >= 4 is 43.4 Å². The monoisotopic (exact) mass is 720 g/mol.